The third-order valence-corrected chi connectivity index (χ3v) is 7.37. The first-order valence-electron chi connectivity index (χ1n) is 12.4. The topological polar surface area (TPSA) is 83.3 Å². The SMILES string of the molecule is NSc1ccc(CNC(=O)c2cccc(-c3cnc4c(c3)N(Cc3cc(Cl)ccc3C(F)(F)F)CCN4)c2)cc1. The van der Waals surface area contributed by atoms with Crippen molar-refractivity contribution in [3.8, 4) is 11.1 Å². The van der Waals surface area contributed by atoms with E-state index >= 15 is 0 Å². The van der Waals surface area contributed by atoms with Crippen LogP contribution in [0.15, 0.2) is 83.9 Å². The summed E-state index contributed by atoms with van der Waals surface area (Å²) < 4.78 is 41.0. The van der Waals surface area contributed by atoms with Crippen molar-refractivity contribution >= 4 is 41.0 Å². The summed E-state index contributed by atoms with van der Waals surface area (Å²) in [6, 6.07) is 20.2. The molecule has 5 rings (SSSR count). The molecule has 0 bridgehead atoms. The number of carbonyl (C=O) groups is 1. The first-order valence-corrected chi connectivity index (χ1v) is 13.7. The number of halogens is 4. The molecule has 0 saturated carbocycles. The van der Waals surface area contributed by atoms with Crippen LogP contribution < -0.4 is 20.7 Å². The monoisotopic (exact) mass is 583 g/mol. The van der Waals surface area contributed by atoms with Crippen LogP contribution in [0.5, 0.6) is 0 Å². The van der Waals surface area contributed by atoms with E-state index in [1.165, 1.54) is 12.1 Å². The summed E-state index contributed by atoms with van der Waals surface area (Å²) in [7, 11) is 0. The van der Waals surface area contributed by atoms with Crippen LogP contribution in [-0.2, 0) is 19.3 Å². The Balaban J connectivity index is 1.37. The van der Waals surface area contributed by atoms with Crippen LogP contribution >= 0.6 is 23.5 Å². The summed E-state index contributed by atoms with van der Waals surface area (Å²) in [5, 5.41) is 11.9. The van der Waals surface area contributed by atoms with Crippen molar-refractivity contribution in [2.75, 3.05) is 23.3 Å². The summed E-state index contributed by atoms with van der Waals surface area (Å²) in [6.45, 7) is 1.39. The quantitative estimate of drug-likeness (QED) is 0.209. The van der Waals surface area contributed by atoms with Crippen molar-refractivity contribution in [1.82, 2.24) is 10.3 Å². The molecule has 4 aromatic rings. The summed E-state index contributed by atoms with van der Waals surface area (Å²) in [5.74, 6) is 0.354. The highest BCUT2D eigenvalue weighted by molar-refractivity contribution is 7.97. The summed E-state index contributed by atoms with van der Waals surface area (Å²) in [5.41, 5.74) is 2.97. The van der Waals surface area contributed by atoms with E-state index in [0.29, 0.717) is 36.7 Å². The van der Waals surface area contributed by atoms with E-state index < -0.39 is 11.7 Å². The summed E-state index contributed by atoms with van der Waals surface area (Å²) in [4.78, 5) is 20.2. The van der Waals surface area contributed by atoms with Gasteiger partial charge in [-0.25, -0.2) is 4.98 Å². The highest BCUT2D eigenvalue weighted by atomic mass is 35.5. The minimum Gasteiger partial charge on any atom is -0.367 e. The molecule has 4 N–H and O–H groups in total. The van der Waals surface area contributed by atoms with Gasteiger partial charge in [-0.2, -0.15) is 13.2 Å². The molecule has 0 spiro atoms. The molecule has 1 amide bonds. The van der Waals surface area contributed by atoms with E-state index in [1.807, 2.05) is 41.3 Å². The zero-order chi connectivity index (χ0) is 28.3. The number of hydrogen-bond donors (Lipinski definition) is 3. The van der Waals surface area contributed by atoms with E-state index in [-0.39, 0.29) is 23.0 Å². The molecule has 11 heteroatoms. The first kappa shape index (κ1) is 27.8. The van der Waals surface area contributed by atoms with Crippen molar-refractivity contribution in [1.29, 1.82) is 0 Å². The number of rotatable bonds is 7. The van der Waals surface area contributed by atoms with Crippen LogP contribution in [0.3, 0.4) is 0 Å². The van der Waals surface area contributed by atoms with Crippen LogP contribution in [0, 0.1) is 0 Å². The van der Waals surface area contributed by atoms with Gasteiger partial charge in [0.05, 0.1) is 11.3 Å². The number of fused-ring (bicyclic) bond motifs is 1. The second-order valence-electron chi connectivity index (χ2n) is 9.26. The highest BCUT2D eigenvalue weighted by Crippen LogP contribution is 2.37. The minimum absolute atomic E-state index is 0.0165. The number of hydrogen-bond acceptors (Lipinski definition) is 6. The smallest absolute Gasteiger partial charge is 0.367 e. The Hall–Kier alpha value is -3.73. The second-order valence-corrected chi connectivity index (χ2v) is 10.4. The number of nitrogens with one attached hydrogen (secondary N) is 2. The van der Waals surface area contributed by atoms with Gasteiger partial charge >= 0.3 is 6.18 Å². The van der Waals surface area contributed by atoms with Crippen LogP contribution in [0.25, 0.3) is 11.1 Å². The standard InChI is InChI=1S/C29H25ClF3N5OS/c30-23-6-9-25(29(31,32)33)22(13-23)17-38-11-10-35-27-26(38)14-21(16-36-27)19-2-1-3-20(12-19)28(39)37-15-18-4-7-24(40-34)8-5-18/h1-9,12-14,16H,10-11,15,17,34H2,(H,35,36)(H,37,39). The average Bonchev–Trinajstić information content (AvgIpc) is 2.95. The average molecular weight is 584 g/mol. The molecule has 1 aliphatic heterocycles. The molecular weight excluding hydrogens is 559 g/mol. The van der Waals surface area contributed by atoms with Crippen molar-refractivity contribution in [3.05, 3.63) is 106 Å². The number of nitrogens with two attached hydrogens (primary N) is 1. The molecule has 3 aromatic carbocycles. The van der Waals surface area contributed by atoms with Crippen molar-refractivity contribution in [2.45, 2.75) is 24.2 Å². The van der Waals surface area contributed by atoms with Crippen molar-refractivity contribution < 1.29 is 18.0 Å². The number of pyridine rings is 1. The molecule has 1 aliphatic rings. The summed E-state index contributed by atoms with van der Waals surface area (Å²) >= 11 is 7.21. The first-order chi connectivity index (χ1) is 19.2. The van der Waals surface area contributed by atoms with Gasteiger partial charge in [-0.3, -0.25) is 9.93 Å². The van der Waals surface area contributed by atoms with Crippen LogP contribution in [0.4, 0.5) is 24.7 Å². The molecule has 0 saturated heterocycles. The largest absolute Gasteiger partial charge is 0.416 e. The molecule has 0 atom stereocenters. The Bertz CT molecular complexity index is 1530. The van der Waals surface area contributed by atoms with Gasteiger partial charge < -0.3 is 15.5 Å². The molecule has 2 heterocycles. The predicted octanol–water partition coefficient (Wildman–Crippen LogP) is 6.75. The van der Waals surface area contributed by atoms with Gasteiger partial charge in [0.1, 0.15) is 5.82 Å². The number of nitrogens with zero attached hydrogens (tertiary/aromatic N) is 2. The lowest BCUT2D eigenvalue weighted by molar-refractivity contribution is -0.138. The van der Waals surface area contributed by atoms with Crippen LogP contribution in [0.1, 0.15) is 27.0 Å². The highest BCUT2D eigenvalue weighted by Gasteiger charge is 2.34. The normalized spacial score (nSPS) is 13.0. The Morgan fingerprint density at radius 1 is 1.07 bits per heavy atom. The lowest BCUT2D eigenvalue weighted by atomic mass is 10.0. The van der Waals surface area contributed by atoms with Gasteiger partial charge in [0.25, 0.3) is 5.91 Å². The van der Waals surface area contributed by atoms with Crippen molar-refractivity contribution in [2.24, 2.45) is 5.14 Å². The van der Waals surface area contributed by atoms with Gasteiger partial charge in [-0.15, -0.1) is 0 Å². The van der Waals surface area contributed by atoms with Crippen molar-refractivity contribution in [3.63, 3.8) is 0 Å². The maximum atomic E-state index is 13.7. The Morgan fingerprint density at radius 3 is 2.62 bits per heavy atom. The Kier molecular flexibility index (Phi) is 8.20. The van der Waals surface area contributed by atoms with E-state index in [0.717, 1.165) is 39.6 Å². The lowest BCUT2D eigenvalue weighted by Gasteiger charge is -2.32. The number of benzene rings is 3. The predicted molar refractivity (Wildman–Crippen MR) is 153 cm³/mol. The van der Waals surface area contributed by atoms with Gasteiger partial charge in [-0.1, -0.05) is 35.9 Å². The van der Waals surface area contributed by atoms with E-state index in [1.54, 1.807) is 24.4 Å². The number of amides is 1. The lowest BCUT2D eigenvalue weighted by Crippen LogP contribution is -2.34. The maximum absolute atomic E-state index is 13.7. The molecule has 206 valence electrons. The zero-order valence-electron chi connectivity index (χ0n) is 21.1. The molecule has 40 heavy (non-hydrogen) atoms. The fourth-order valence-electron chi connectivity index (χ4n) is 4.57. The van der Waals surface area contributed by atoms with E-state index in [2.05, 4.69) is 15.6 Å². The third kappa shape index (κ3) is 6.35. The van der Waals surface area contributed by atoms with Gasteiger partial charge in [0.2, 0.25) is 0 Å². The molecule has 0 unspecified atom stereocenters. The molecule has 6 nitrogen and oxygen atoms in total. The Labute approximate surface area is 238 Å². The van der Waals surface area contributed by atoms with Crippen LogP contribution in [0.2, 0.25) is 5.02 Å². The molecule has 1 aromatic heterocycles. The molecule has 0 aliphatic carbocycles. The maximum Gasteiger partial charge on any atom is 0.416 e. The Morgan fingerprint density at radius 2 is 1.88 bits per heavy atom. The number of aromatic nitrogens is 1. The zero-order valence-corrected chi connectivity index (χ0v) is 22.7. The summed E-state index contributed by atoms with van der Waals surface area (Å²) in [6.07, 6.45) is -2.81. The minimum atomic E-state index is -4.50. The van der Waals surface area contributed by atoms with Gasteiger partial charge in [0, 0.05) is 53.4 Å². The third-order valence-electron chi connectivity index (χ3n) is 6.59. The molecule has 0 fully saturated rings. The van der Waals surface area contributed by atoms with E-state index in [4.69, 9.17) is 16.7 Å². The van der Waals surface area contributed by atoms with Gasteiger partial charge in [0.15, 0.2) is 0 Å². The molecule has 0 radical (unpaired) electrons. The fraction of sp³-hybridized carbons (Fsp3) is 0.172. The molecular formula is C29H25ClF3N5OS. The van der Waals surface area contributed by atoms with Gasteiger partial charge in [-0.05, 0) is 77.2 Å². The van der Waals surface area contributed by atoms with E-state index in [9.17, 15) is 18.0 Å². The fourth-order valence-corrected chi connectivity index (χ4v) is 5.06. The van der Waals surface area contributed by atoms with Crippen LogP contribution in [-0.4, -0.2) is 24.0 Å². The number of anilines is 2. The number of carbonyl (C=O) groups excluding carboxylic acids is 1. The number of alkyl halides is 3. The second kappa shape index (κ2) is 11.8.